The normalized spacial score (nSPS) is 21.9. The van der Waals surface area contributed by atoms with Crippen LogP contribution < -0.4 is 24.8 Å². The Bertz CT molecular complexity index is 1370. The zero-order valence-electron chi connectivity index (χ0n) is 23.3. The van der Waals surface area contributed by atoms with Gasteiger partial charge in [0, 0.05) is 43.2 Å². The summed E-state index contributed by atoms with van der Waals surface area (Å²) >= 11 is 1.80. The highest BCUT2D eigenvalue weighted by atomic mass is 32.1. The van der Waals surface area contributed by atoms with Crippen molar-refractivity contribution in [3.05, 3.63) is 75.5 Å². The number of rotatable bonds is 5. The predicted octanol–water partition coefficient (Wildman–Crippen LogP) is 3.42. The number of carbonyl (C=O) groups excluding carboxylic acids is 2. The van der Waals surface area contributed by atoms with Gasteiger partial charge in [-0.3, -0.25) is 19.4 Å². The van der Waals surface area contributed by atoms with Gasteiger partial charge in [0.15, 0.2) is 18.1 Å². The molecular formula is C31H36N4O5S. The van der Waals surface area contributed by atoms with Crippen molar-refractivity contribution < 1.29 is 23.8 Å². The van der Waals surface area contributed by atoms with E-state index >= 15 is 0 Å². The molecule has 2 saturated heterocycles. The molecule has 4 aliphatic heterocycles. The standard InChI is InChI=1S/C31H36N4O5S/c1-38-27-9-6-23-13-28(27)39-19-30(36)32-14-21-4-7-24(8-5-21)40-29-18-35(17-26(29)33-31(23)37)16-25-12-22(20-41-25)15-34-10-2-3-11-34/h4-9,12-13,20,26,29H,2-3,10-11,14-19H2,1H3,(H,32,36)(H,33,37)/t26-,29-/m0/s1. The maximum absolute atomic E-state index is 13.4. The molecule has 41 heavy (non-hydrogen) atoms. The lowest BCUT2D eigenvalue weighted by atomic mass is 10.1. The van der Waals surface area contributed by atoms with Crippen molar-refractivity contribution in [1.82, 2.24) is 20.4 Å². The van der Waals surface area contributed by atoms with Gasteiger partial charge in [0.2, 0.25) is 0 Å². The average molecular weight is 577 g/mol. The maximum Gasteiger partial charge on any atom is 0.258 e. The first-order valence-corrected chi connectivity index (χ1v) is 15.1. The van der Waals surface area contributed by atoms with Crippen LogP contribution in [0, 0.1) is 0 Å². The van der Waals surface area contributed by atoms with E-state index in [-0.39, 0.29) is 30.6 Å². The van der Waals surface area contributed by atoms with Gasteiger partial charge in [-0.2, -0.15) is 0 Å². The summed E-state index contributed by atoms with van der Waals surface area (Å²) in [5.74, 6) is 1.03. The number of hydrogen-bond acceptors (Lipinski definition) is 8. The molecule has 5 heterocycles. The minimum Gasteiger partial charge on any atom is -0.493 e. The third kappa shape index (κ3) is 6.83. The molecule has 2 fully saturated rings. The topological polar surface area (TPSA) is 92.4 Å². The summed E-state index contributed by atoms with van der Waals surface area (Å²) in [6.45, 7) is 5.77. The van der Waals surface area contributed by atoms with Gasteiger partial charge in [0.1, 0.15) is 11.9 Å². The summed E-state index contributed by atoms with van der Waals surface area (Å²) in [5, 5.41) is 8.34. The van der Waals surface area contributed by atoms with E-state index in [1.54, 1.807) is 29.5 Å². The number of fused-ring (bicyclic) bond motifs is 7. The highest BCUT2D eigenvalue weighted by Crippen LogP contribution is 2.29. The van der Waals surface area contributed by atoms with E-state index in [1.165, 1.54) is 43.5 Å². The molecule has 4 aliphatic rings. The highest BCUT2D eigenvalue weighted by Gasteiger charge is 2.36. The third-order valence-electron chi connectivity index (χ3n) is 7.84. The average Bonchev–Trinajstić information content (AvgIpc) is 3.74. The van der Waals surface area contributed by atoms with Crippen LogP contribution in [0.3, 0.4) is 0 Å². The first kappa shape index (κ1) is 27.6. The Balaban J connectivity index is 1.21. The number of nitrogens with zero attached hydrogens (tertiary/aromatic N) is 2. The third-order valence-corrected chi connectivity index (χ3v) is 8.81. The van der Waals surface area contributed by atoms with Crippen molar-refractivity contribution >= 4 is 23.2 Å². The van der Waals surface area contributed by atoms with Crippen molar-refractivity contribution in [1.29, 1.82) is 0 Å². The van der Waals surface area contributed by atoms with Crippen LogP contribution in [0.2, 0.25) is 0 Å². The summed E-state index contributed by atoms with van der Waals surface area (Å²) in [6, 6.07) is 14.8. The van der Waals surface area contributed by atoms with Gasteiger partial charge in [-0.1, -0.05) is 12.1 Å². The van der Waals surface area contributed by atoms with Crippen LogP contribution in [0.25, 0.3) is 0 Å². The number of amides is 2. The van der Waals surface area contributed by atoms with Crippen molar-refractivity contribution in [2.45, 2.75) is 44.6 Å². The number of nitrogens with one attached hydrogen (secondary N) is 2. The molecule has 9 nitrogen and oxygen atoms in total. The van der Waals surface area contributed by atoms with Crippen LogP contribution >= 0.6 is 11.3 Å². The number of carbonyl (C=O) groups is 2. The molecule has 7 rings (SSSR count). The monoisotopic (exact) mass is 576 g/mol. The molecule has 2 aromatic carbocycles. The molecule has 0 unspecified atom stereocenters. The first-order valence-electron chi connectivity index (χ1n) is 14.2. The summed E-state index contributed by atoms with van der Waals surface area (Å²) in [4.78, 5) is 32.0. The minimum atomic E-state index is -0.268. The smallest absolute Gasteiger partial charge is 0.258 e. The summed E-state index contributed by atoms with van der Waals surface area (Å²) < 4.78 is 17.6. The van der Waals surface area contributed by atoms with Crippen molar-refractivity contribution in [2.24, 2.45) is 0 Å². The Kier molecular flexibility index (Phi) is 8.41. The van der Waals surface area contributed by atoms with Crippen molar-refractivity contribution in [2.75, 3.05) is 39.9 Å². The molecular weight excluding hydrogens is 540 g/mol. The number of thiophene rings is 1. The van der Waals surface area contributed by atoms with E-state index in [2.05, 4.69) is 31.9 Å². The Labute approximate surface area is 244 Å². The summed E-state index contributed by atoms with van der Waals surface area (Å²) in [7, 11) is 1.53. The maximum atomic E-state index is 13.4. The van der Waals surface area contributed by atoms with E-state index in [0.29, 0.717) is 36.7 Å². The number of ether oxygens (including phenoxy) is 3. The van der Waals surface area contributed by atoms with Gasteiger partial charge in [-0.15, -0.1) is 11.3 Å². The zero-order chi connectivity index (χ0) is 28.2. The minimum absolute atomic E-state index is 0.190. The largest absolute Gasteiger partial charge is 0.493 e. The van der Waals surface area contributed by atoms with Crippen molar-refractivity contribution in [3.63, 3.8) is 0 Å². The molecule has 4 bridgehead atoms. The molecule has 2 atom stereocenters. The molecule has 3 aromatic rings. The van der Waals surface area contributed by atoms with E-state index < -0.39 is 0 Å². The number of benzene rings is 2. The van der Waals surface area contributed by atoms with E-state index in [1.807, 2.05) is 24.3 Å². The quantitative estimate of drug-likeness (QED) is 0.481. The second-order valence-corrected chi connectivity index (χ2v) is 11.9. The Hall–Kier alpha value is -3.60. The number of likely N-dealkylation sites (tertiary alicyclic amines) is 2. The summed E-state index contributed by atoms with van der Waals surface area (Å²) in [6.07, 6.45) is 2.37. The van der Waals surface area contributed by atoms with Crippen LogP contribution in [0.1, 0.15) is 39.2 Å². The lowest BCUT2D eigenvalue weighted by molar-refractivity contribution is -0.123. The SMILES string of the molecule is COc1ccc2cc1OCC(=O)NCc1ccc(cc1)O[C@H]1CN(Cc3cc(CN4CCCC4)cs3)C[C@@H]1NC2=O. The van der Waals surface area contributed by atoms with Gasteiger partial charge >= 0.3 is 0 Å². The van der Waals surface area contributed by atoms with Gasteiger partial charge in [-0.25, -0.2) is 0 Å². The van der Waals surface area contributed by atoms with Crippen LogP contribution in [-0.2, 0) is 24.4 Å². The Morgan fingerprint density at radius 2 is 1.83 bits per heavy atom. The Morgan fingerprint density at radius 3 is 2.63 bits per heavy atom. The predicted molar refractivity (Wildman–Crippen MR) is 157 cm³/mol. The van der Waals surface area contributed by atoms with Gasteiger partial charge in [-0.05, 0) is 78.8 Å². The summed E-state index contributed by atoms with van der Waals surface area (Å²) in [5.41, 5.74) is 2.76. The second kappa shape index (κ2) is 12.5. The van der Waals surface area contributed by atoms with Crippen LogP contribution in [-0.4, -0.2) is 73.7 Å². The van der Waals surface area contributed by atoms with E-state index in [4.69, 9.17) is 14.2 Å². The van der Waals surface area contributed by atoms with E-state index in [9.17, 15) is 9.59 Å². The van der Waals surface area contributed by atoms with Gasteiger partial charge in [0.25, 0.3) is 11.8 Å². The molecule has 0 radical (unpaired) electrons. The molecule has 0 saturated carbocycles. The van der Waals surface area contributed by atoms with Crippen LogP contribution in [0.4, 0.5) is 0 Å². The number of methoxy groups -OCH3 is 1. The van der Waals surface area contributed by atoms with Crippen LogP contribution in [0.15, 0.2) is 53.9 Å². The second-order valence-electron chi connectivity index (χ2n) is 10.9. The van der Waals surface area contributed by atoms with Gasteiger partial charge < -0.3 is 24.8 Å². The lowest BCUT2D eigenvalue weighted by Crippen LogP contribution is -2.45. The van der Waals surface area contributed by atoms with E-state index in [0.717, 1.165) is 24.4 Å². The molecule has 216 valence electrons. The lowest BCUT2D eigenvalue weighted by Gasteiger charge is -2.21. The fourth-order valence-corrected chi connectivity index (χ4v) is 6.61. The number of hydrogen-bond donors (Lipinski definition) is 2. The fraction of sp³-hybridized carbons (Fsp3) is 0.419. The first-order chi connectivity index (χ1) is 20.0. The molecule has 1 aromatic heterocycles. The Morgan fingerprint density at radius 1 is 1.00 bits per heavy atom. The zero-order valence-corrected chi connectivity index (χ0v) is 24.1. The fourth-order valence-electron chi connectivity index (χ4n) is 5.69. The molecule has 2 amide bonds. The van der Waals surface area contributed by atoms with Crippen molar-refractivity contribution in [3.8, 4) is 17.2 Å². The van der Waals surface area contributed by atoms with Crippen LogP contribution in [0.5, 0.6) is 17.2 Å². The molecule has 0 spiro atoms. The van der Waals surface area contributed by atoms with Gasteiger partial charge in [0.05, 0.1) is 13.2 Å². The molecule has 2 N–H and O–H groups in total. The molecule has 0 aliphatic carbocycles. The highest BCUT2D eigenvalue weighted by molar-refractivity contribution is 7.10. The molecule has 10 heteroatoms.